The lowest BCUT2D eigenvalue weighted by molar-refractivity contribution is 0.570. The number of para-hydroxylation sites is 2. The quantitative estimate of drug-likeness (QED) is 0.352. The molecule has 3 rings (SSSR count). The average Bonchev–Trinajstić information content (AvgIpc) is 2.66. The lowest BCUT2D eigenvalue weighted by Crippen LogP contribution is -2.25. The molecule has 3 aromatic rings. The SMILES string of the molecule is CC(C)(C)c1cc(Br)cc(N(c2ccccc2)c2c(C(C)(C)C)cccc2C(C)(C)C)c1. The highest BCUT2D eigenvalue weighted by Gasteiger charge is 2.30. The minimum absolute atomic E-state index is 0.00247. The van der Waals surface area contributed by atoms with Crippen LogP contribution >= 0.6 is 15.9 Å². The van der Waals surface area contributed by atoms with Crippen LogP contribution in [-0.2, 0) is 16.2 Å². The van der Waals surface area contributed by atoms with E-state index in [2.05, 4.69) is 150 Å². The Bertz CT molecular complexity index is 1040. The van der Waals surface area contributed by atoms with Gasteiger partial charge in [0.1, 0.15) is 0 Å². The van der Waals surface area contributed by atoms with Crippen molar-refractivity contribution in [3.63, 3.8) is 0 Å². The van der Waals surface area contributed by atoms with Crippen LogP contribution in [0.5, 0.6) is 0 Å². The molecule has 2 heteroatoms. The lowest BCUT2D eigenvalue weighted by atomic mass is 9.78. The van der Waals surface area contributed by atoms with E-state index in [0.717, 1.165) is 4.47 Å². The van der Waals surface area contributed by atoms with Crippen LogP contribution in [0.3, 0.4) is 0 Å². The van der Waals surface area contributed by atoms with Gasteiger partial charge in [-0.2, -0.15) is 0 Å². The molecule has 32 heavy (non-hydrogen) atoms. The molecular formula is C30H38BrN. The van der Waals surface area contributed by atoms with E-state index in [0.29, 0.717) is 0 Å². The van der Waals surface area contributed by atoms with E-state index in [1.165, 1.54) is 33.8 Å². The van der Waals surface area contributed by atoms with E-state index in [1.807, 2.05) is 0 Å². The molecule has 170 valence electrons. The minimum atomic E-state index is 0.00247. The van der Waals surface area contributed by atoms with Gasteiger partial charge in [-0.25, -0.2) is 0 Å². The predicted molar refractivity (Wildman–Crippen MR) is 145 cm³/mol. The fraction of sp³-hybridized carbons (Fsp3) is 0.400. The monoisotopic (exact) mass is 491 g/mol. The van der Waals surface area contributed by atoms with Crippen LogP contribution in [0.25, 0.3) is 0 Å². The molecule has 3 aromatic carbocycles. The van der Waals surface area contributed by atoms with Gasteiger partial charge in [0.05, 0.1) is 5.69 Å². The summed E-state index contributed by atoms with van der Waals surface area (Å²) >= 11 is 3.81. The minimum Gasteiger partial charge on any atom is -0.310 e. The van der Waals surface area contributed by atoms with Crippen LogP contribution in [0.15, 0.2) is 71.2 Å². The van der Waals surface area contributed by atoms with E-state index in [-0.39, 0.29) is 16.2 Å². The summed E-state index contributed by atoms with van der Waals surface area (Å²) in [4.78, 5) is 2.46. The number of rotatable bonds is 3. The highest BCUT2D eigenvalue weighted by atomic mass is 79.9. The van der Waals surface area contributed by atoms with Crippen molar-refractivity contribution in [2.24, 2.45) is 0 Å². The van der Waals surface area contributed by atoms with Crippen LogP contribution in [0.4, 0.5) is 17.1 Å². The van der Waals surface area contributed by atoms with Gasteiger partial charge in [0, 0.05) is 15.8 Å². The second-order valence-corrected chi connectivity index (χ2v) is 12.7. The van der Waals surface area contributed by atoms with Gasteiger partial charge in [-0.3, -0.25) is 0 Å². The zero-order valence-electron chi connectivity index (χ0n) is 21.2. The van der Waals surface area contributed by atoms with Crippen LogP contribution < -0.4 is 4.90 Å². The summed E-state index contributed by atoms with van der Waals surface area (Å²) in [6.45, 7) is 20.7. The number of hydrogen-bond acceptors (Lipinski definition) is 1. The summed E-state index contributed by atoms with van der Waals surface area (Å²) in [6.07, 6.45) is 0. The van der Waals surface area contributed by atoms with Gasteiger partial charge < -0.3 is 4.90 Å². The third kappa shape index (κ3) is 5.29. The molecule has 0 aliphatic carbocycles. The molecule has 0 unspecified atom stereocenters. The van der Waals surface area contributed by atoms with Gasteiger partial charge in [0.2, 0.25) is 0 Å². The molecule has 1 nitrogen and oxygen atoms in total. The predicted octanol–water partition coefficient (Wildman–Crippen LogP) is 9.81. The first-order valence-corrected chi connectivity index (χ1v) is 12.3. The molecule has 0 aliphatic rings. The smallest absolute Gasteiger partial charge is 0.0536 e. The Morgan fingerprint density at radius 2 is 1.09 bits per heavy atom. The number of nitrogens with zero attached hydrogens (tertiary/aromatic N) is 1. The van der Waals surface area contributed by atoms with Crippen molar-refractivity contribution >= 4 is 33.0 Å². The van der Waals surface area contributed by atoms with Gasteiger partial charge >= 0.3 is 0 Å². The molecule has 0 aromatic heterocycles. The highest BCUT2D eigenvalue weighted by molar-refractivity contribution is 9.10. The number of benzene rings is 3. The summed E-state index contributed by atoms with van der Waals surface area (Å²) in [5, 5.41) is 0. The standard InChI is InChI=1S/C30H38BrN/c1-28(2,3)21-18-22(31)20-24(19-21)32(23-14-11-10-12-15-23)27-25(29(4,5)6)16-13-17-26(27)30(7,8)9/h10-20H,1-9H3. The summed E-state index contributed by atoms with van der Waals surface area (Å²) in [6, 6.07) is 24.4. The second-order valence-electron chi connectivity index (χ2n) is 11.8. The molecule has 0 atom stereocenters. The molecule has 0 spiro atoms. The number of hydrogen-bond donors (Lipinski definition) is 0. The Kier molecular flexibility index (Phi) is 6.69. The van der Waals surface area contributed by atoms with Crippen molar-refractivity contribution in [3.05, 3.63) is 87.9 Å². The van der Waals surface area contributed by atoms with E-state index >= 15 is 0 Å². The maximum Gasteiger partial charge on any atom is 0.0536 e. The first-order chi connectivity index (χ1) is 14.7. The van der Waals surface area contributed by atoms with Crippen molar-refractivity contribution in [3.8, 4) is 0 Å². The Balaban J connectivity index is 2.45. The first kappa shape index (κ1) is 24.6. The van der Waals surface area contributed by atoms with E-state index in [9.17, 15) is 0 Å². The van der Waals surface area contributed by atoms with Crippen molar-refractivity contribution in [1.82, 2.24) is 0 Å². The molecule has 0 fully saturated rings. The molecule has 0 saturated carbocycles. The summed E-state index contributed by atoms with van der Waals surface area (Å²) in [7, 11) is 0. The first-order valence-electron chi connectivity index (χ1n) is 11.5. The number of halogens is 1. The lowest BCUT2D eigenvalue weighted by Gasteiger charge is -2.37. The zero-order chi connectivity index (χ0) is 23.9. The van der Waals surface area contributed by atoms with Crippen LogP contribution in [0.1, 0.15) is 79.0 Å². The molecule has 0 amide bonds. The molecule has 0 saturated heterocycles. The Labute approximate surface area is 204 Å². The maximum atomic E-state index is 3.81. The summed E-state index contributed by atoms with van der Waals surface area (Å²) < 4.78 is 1.10. The molecule has 0 N–H and O–H groups in total. The summed E-state index contributed by atoms with van der Waals surface area (Å²) in [5.41, 5.74) is 7.72. The molecule has 0 radical (unpaired) electrons. The van der Waals surface area contributed by atoms with Gasteiger partial charge in [0.25, 0.3) is 0 Å². The van der Waals surface area contributed by atoms with E-state index in [4.69, 9.17) is 0 Å². The van der Waals surface area contributed by atoms with Gasteiger partial charge in [0.15, 0.2) is 0 Å². The van der Waals surface area contributed by atoms with Gasteiger partial charge in [-0.1, -0.05) is 115 Å². The summed E-state index contributed by atoms with van der Waals surface area (Å²) in [5.74, 6) is 0. The highest BCUT2D eigenvalue weighted by Crippen LogP contribution is 2.47. The molecule has 0 bridgehead atoms. The average molecular weight is 493 g/mol. The second kappa shape index (κ2) is 8.71. The molecular weight excluding hydrogens is 454 g/mol. The molecule has 0 aliphatic heterocycles. The van der Waals surface area contributed by atoms with Crippen molar-refractivity contribution in [2.75, 3.05) is 4.90 Å². The van der Waals surface area contributed by atoms with Crippen LogP contribution in [0.2, 0.25) is 0 Å². The zero-order valence-corrected chi connectivity index (χ0v) is 22.8. The normalized spacial score (nSPS) is 12.7. The Hall–Kier alpha value is -2.06. The Morgan fingerprint density at radius 1 is 0.562 bits per heavy atom. The van der Waals surface area contributed by atoms with Crippen molar-refractivity contribution in [2.45, 2.75) is 78.6 Å². The van der Waals surface area contributed by atoms with Crippen LogP contribution in [0, 0.1) is 0 Å². The van der Waals surface area contributed by atoms with Crippen molar-refractivity contribution in [1.29, 1.82) is 0 Å². The fourth-order valence-electron chi connectivity index (χ4n) is 4.12. The third-order valence-corrected chi connectivity index (χ3v) is 6.35. The van der Waals surface area contributed by atoms with E-state index < -0.39 is 0 Å². The topological polar surface area (TPSA) is 3.24 Å². The largest absolute Gasteiger partial charge is 0.310 e. The van der Waals surface area contributed by atoms with E-state index in [1.54, 1.807) is 0 Å². The fourth-order valence-corrected chi connectivity index (χ4v) is 4.60. The van der Waals surface area contributed by atoms with Gasteiger partial charge in [-0.15, -0.1) is 0 Å². The molecule has 0 heterocycles. The van der Waals surface area contributed by atoms with Gasteiger partial charge in [-0.05, 0) is 63.3 Å². The maximum absolute atomic E-state index is 3.81. The number of anilines is 3. The Morgan fingerprint density at radius 3 is 1.56 bits per heavy atom. The van der Waals surface area contributed by atoms with Crippen LogP contribution in [-0.4, -0.2) is 0 Å². The third-order valence-electron chi connectivity index (χ3n) is 5.90. The van der Waals surface area contributed by atoms with Crippen molar-refractivity contribution < 1.29 is 0 Å².